The van der Waals surface area contributed by atoms with Crippen molar-refractivity contribution < 1.29 is 8.42 Å². The maximum absolute atomic E-state index is 12.8. The first-order valence-electron chi connectivity index (χ1n) is 6.08. The Bertz CT molecular complexity index is 746. The van der Waals surface area contributed by atoms with Gasteiger partial charge < -0.3 is 0 Å². The Labute approximate surface area is 121 Å². The number of fused-ring (bicyclic) bond motifs is 1. The van der Waals surface area contributed by atoms with E-state index in [-0.39, 0.29) is 23.9 Å². The summed E-state index contributed by atoms with van der Waals surface area (Å²) in [6.45, 7) is 3.76. The molecule has 0 aliphatic carbocycles. The summed E-state index contributed by atoms with van der Waals surface area (Å²) in [5.41, 5.74) is 0.570. The number of aromatic nitrogens is 2. The molecule has 1 aromatic heterocycles. The maximum atomic E-state index is 12.8. The zero-order valence-electron chi connectivity index (χ0n) is 11.1. The molecule has 106 valence electrons. The molecule has 0 saturated heterocycles. The van der Waals surface area contributed by atoms with Crippen molar-refractivity contribution in [1.82, 2.24) is 13.9 Å². The molecule has 0 amide bonds. The van der Waals surface area contributed by atoms with Crippen molar-refractivity contribution in [3.63, 3.8) is 0 Å². The van der Waals surface area contributed by atoms with Gasteiger partial charge in [0.25, 0.3) is 0 Å². The Morgan fingerprint density at radius 1 is 1.45 bits per heavy atom. The largest absolute Gasteiger partial charge is 0.244 e. The van der Waals surface area contributed by atoms with Gasteiger partial charge in [-0.25, -0.2) is 8.42 Å². The van der Waals surface area contributed by atoms with Crippen LogP contribution in [0.4, 0.5) is 0 Å². The quantitative estimate of drug-likeness (QED) is 0.843. The van der Waals surface area contributed by atoms with Crippen LogP contribution in [-0.4, -0.2) is 34.9 Å². The van der Waals surface area contributed by atoms with Crippen molar-refractivity contribution in [3.05, 3.63) is 18.2 Å². The minimum Gasteiger partial charge on any atom is -0.207 e. The van der Waals surface area contributed by atoms with Crippen molar-refractivity contribution in [2.75, 3.05) is 6.54 Å². The van der Waals surface area contributed by atoms with Crippen LogP contribution in [0.1, 0.15) is 20.3 Å². The van der Waals surface area contributed by atoms with E-state index in [4.69, 9.17) is 5.26 Å². The van der Waals surface area contributed by atoms with Gasteiger partial charge in [0.05, 0.1) is 10.8 Å². The summed E-state index contributed by atoms with van der Waals surface area (Å²) < 4.78 is 31.2. The molecule has 0 aliphatic rings. The normalized spacial score (nSPS) is 12.2. The molecule has 0 atom stereocenters. The van der Waals surface area contributed by atoms with E-state index in [9.17, 15) is 8.42 Å². The lowest BCUT2D eigenvalue weighted by Crippen LogP contribution is -2.37. The zero-order valence-corrected chi connectivity index (χ0v) is 12.8. The van der Waals surface area contributed by atoms with E-state index in [1.165, 1.54) is 4.31 Å². The maximum Gasteiger partial charge on any atom is 0.244 e. The van der Waals surface area contributed by atoms with Crippen LogP contribution in [0, 0.1) is 11.3 Å². The van der Waals surface area contributed by atoms with Gasteiger partial charge in [-0.05, 0) is 37.5 Å². The number of nitriles is 1. The molecule has 0 saturated carbocycles. The van der Waals surface area contributed by atoms with Crippen molar-refractivity contribution in [2.24, 2.45) is 0 Å². The fraction of sp³-hybridized carbons (Fsp3) is 0.417. The lowest BCUT2D eigenvalue weighted by atomic mass is 10.3. The lowest BCUT2D eigenvalue weighted by Gasteiger charge is -2.25. The molecule has 2 rings (SSSR count). The van der Waals surface area contributed by atoms with E-state index in [0.717, 1.165) is 11.5 Å². The number of hydrogen-bond donors (Lipinski definition) is 0. The molecular formula is C12H14N4O2S2. The highest BCUT2D eigenvalue weighted by molar-refractivity contribution is 7.89. The molecule has 20 heavy (non-hydrogen) atoms. The Hall–Kier alpha value is -1.56. The minimum atomic E-state index is -3.66. The third kappa shape index (κ3) is 2.65. The molecule has 2 aromatic rings. The number of hydrogen-bond acceptors (Lipinski definition) is 6. The van der Waals surface area contributed by atoms with E-state index in [1.54, 1.807) is 32.0 Å². The molecule has 0 unspecified atom stereocenters. The van der Waals surface area contributed by atoms with Gasteiger partial charge in [0.2, 0.25) is 10.0 Å². The number of nitrogens with zero attached hydrogens (tertiary/aromatic N) is 4. The molecule has 0 aliphatic heterocycles. The van der Waals surface area contributed by atoms with Crippen LogP contribution in [0.2, 0.25) is 0 Å². The molecular weight excluding hydrogens is 296 g/mol. The Morgan fingerprint density at radius 2 is 2.20 bits per heavy atom. The van der Waals surface area contributed by atoms with Crippen LogP contribution in [0.3, 0.4) is 0 Å². The average Bonchev–Trinajstić information content (AvgIpc) is 2.86. The molecule has 1 heterocycles. The van der Waals surface area contributed by atoms with E-state index in [0.29, 0.717) is 10.2 Å². The van der Waals surface area contributed by atoms with Gasteiger partial charge in [-0.1, -0.05) is 10.6 Å². The summed E-state index contributed by atoms with van der Waals surface area (Å²) in [6, 6.07) is 6.70. The van der Waals surface area contributed by atoms with Crippen LogP contribution in [0.15, 0.2) is 23.1 Å². The molecule has 0 N–H and O–H groups in total. The third-order valence-corrected chi connectivity index (χ3v) is 5.87. The summed E-state index contributed by atoms with van der Waals surface area (Å²) in [6.07, 6.45) is 0.161. The van der Waals surface area contributed by atoms with Gasteiger partial charge in [0.15, 0.2) is 0 Å². The second-order valence-electron chi connectivity index (χ2n) is 4.49. The molecule has 0 spiro atoms. The van der Waals surface area contributed by atoms with Gasteiger partial charge in [0.1, 0.15) is 10.4 Å². The first kappa shape index (κ1) is 14.8. The van der Waals surface area contributed by atoms with Crippen molar-refractivity contribution in [3.8, 4) is 6.07 Å². The fourth-order valence-corrected chi connectivity index (χ4v) is 4.65. The predicted octanol–water partition coefficient (Wildman–Crippen LogP) is 2.00. The number of sulfonamides is 1. The van der Waals surface area contributed by atoms with Crippen molar-refractivity contribution in [1.29, 1.82) is 5.26 Å². The molecule has 1 aromatic carbocycles. The molecule has 0 fully saturated rings. The first-order valence-corrected chi connectivity index (χ1v) is 8.29. The van der Waals surface area contributed by atoms with E-state index in [2.05, 4.69) is 9.59 Å². The van der Waals surface area contributed by atoms with Gasteiger partial charge in [-0.2, -0.15) is 9.57 Å². The SMILES string of the molecule is CC(C)N(CCC#N)S(=O)(=O)c1cccc2nnsc12. The van der Waals surface area contributed by atoms with Crippen LogP contribution in [0.5, 0.6) is 0 Å². The second-order valence-corrected chi connectivity index (χ2v) is 7.11. The fourth-order valence-electron chi connectivity index (χ4n) is 1.93. The summed E-state index contributed by atoms with van der Waals surface area (Å²) >= 11 is 1.06. The van der Waals surface area contributed by atoms with E-state index in [1.807, 2.05) is 6.07 Å². The van der Waals surface area contributed by atoms with Crippen molar-refractivity contribution in [2.45, 2.75) is 31.2 Å². The third-order valence-electron chi connectivity index (χ3n) is 2.85. The van der Waals surface area contributed by atoms with Crippen LogP contribution in [0.25, 0.3) is 10.2 Å². The van der Waals surface area contributed by atoms with Gasteiger partial charge in [0, 0.05) is 19.0 Å². The monoisotopic (exact) mass is 310 g/mol. The minimum absolute atomic E-state index is 0.161. The van der Waals surface area contributed by atoms with Gasteiger partial charge >= 0.3 is 0 Å². The average molecular weight is 310 g/mol. The summed E-state index contributed by atoms with van der Waals surface area (Å²) in [5.74, 6) is 0. The second kappa shape index (κ2) is 5.83. The number of rotatable bonds is 5. The van der Waals surface area contributed by atoms with Gasteiger partial charge in [-0.3, -0.25) is 0 Å². The topological polar surface area (TPSA) is 87.0 Å². The predicted molar refractivity (Wildman–Crippen MR) is 76.7 cm³/mol. The van der Waals surface area contributed by atoms with Crippen molar-refractivity contribution >= 4 is 31.8 Å². The first-order chi connectivity index (χ1) is 9.48. The lowest BCUT2D eigenvalue weighted by molar-refractivity contribution is 0.361. The summed E-state index contributed by atoms with van der Waals surface area (Å²) in [4.78, 5) is 0.205. The molecule has 6 nitrogen and oxygen atoms in total. The van der Waals surface area contributed by atoms with Gasteiger partial charge in [-0.15, -0.1) is 5.10 Å². The molecule has 8 heteroatoms. The Kier molecular flexibility index (Phi) is 4.32. The Morgan fingerprint density at radius 3 is 2.85 bits per heavy atom. The van der Waals surface area contributed by atoms with E-state index < -0.39 is 10.0 Å². The summed E-state index contributed by atoms with van der Waals surface area (Å²) in [7, 11) is -3.66. The summed E-state index contributed by atoms with van der Waals surface area (Å²) in [5, 5.41) is 12.6. The standard InChI is InChI=1S/C12H14N4O2S2/c1-9(2)16(8-4-7-13)20(17,18)11-6-3-5-10-12(11)19-15-14-10/h3,5-6,9H,4,8H2,1-2H3. The van der Waals surface area contributed by atoms with Crippen LogP contribution >= 0.6 is 11.5 Å². The van der Waals surface area contributed by atoms with Crippen LogP contribution in [-0.2, 0) is 10.0 Å². The smallest absolute Gasteiger partial charge is 0.207 e. The highest BCUT2D eigenvalue weighted by atomic mass is 32.2. The van der Waals surface area contributed by atoms with E-state index >= 15 is 0 Å². The molecule has 0 radical (unpaired) electrons. The number of benzene rings is 1. The highest BCUT2D eigenvalue weighted by Crippen LogP contribution is 2.28. The highest BCUT2D eigenvalue weighted by Gasteiger charge is 2.29. The zero-order chi connectivity index (χ0) is 14.8. The Balaban J connectivity index is 2.53. The van der Waals surface area contributed by atoms with Crippen LogP contribution < -0.4 is 0 Å². The molecule has 0 bridgehead atoms.